The van der Waals surface area contributed by atoms with Gasteiger partial charge in [0.25, 0.3) is 5.56 Å². The van der Waals surface area contributed by atoms with Crippen LogP contribution in [0.1, 0.15) is 11.1 Å². The van der Waals surface area contributed by atoms with Crippen LogP contribution in [0.2, 0.25) is 0 Å². The Hall–Kier alpha value is -3.08. The number of halogens is 1. The number of hydrogen-bond acceptors (Lipinski definition) is 3. The molecule has 2 N–H and O–H groups in total. The van der Waals surface area contributed by atoms with Gasteiger partial charge in [0.2, 0.25) is 0 Å². The lowest BCUT2D eigenvalue weighted by molar-refractivity contribution is 0.299. The molecular formula is C19H17FN2O2. The normalized spacial score (nSPS) is 10.5. The highest BCUT2D eigenvalue weighted by atomic mass is 19.1. The second-order valence-corrected chi connectivity index (χ2v) is 5.46. The number of ether oxygens (including phenoxy) is 1. The number of aromatic nitrogens is 1. The van der Waals surface area contributed by atoms with E-state index >= 15 is 0 Å². The van der Waals surface area contributed by atoms with E-state index in [1.54, 1.807) is 47.2 Å². The average molecular weight is 324 g/mol. The molecule has 3 rings (SSSR count). The summed E-state index contributed by atoms with van der Waals surface area (Å²) in [5.74, 6) is -0.0402. The van der Waals surface area contributed by atoms with Gasteiger partial charge in [-0.1, -0.05) is 24.3 Å². The highest BCUT2D eigenvalue weighted by Gasteiger charge is 2.06. The molecule has 4 nitrogen and oxygen atoms in total. The predicted molar refractivity (Wildman–Crippen MR) is 91.4 cm³/mol. The zero-order valence-electron chi connectivity index (χ0n) is 13.0. The molecule has 0 saturated carbocycles. The minimum absolute atomic E-state index is 0.210. The monoisotopic (exact) mass is 324 g/mol. The fourth-order valence-electron chi connectivity index (χ4n) is 2.31. The molecule has 1 heterocycles. The van der Waals surface area contributed by atoms with Gasteiger partial charge in [0.1, 0.15) is 12.4 Å². The predicted octanol–water partition coefficient (Wildman–Crippen LogP) is 3.20. The molecule has 0 saturated heterocycles. The molecule has 0 aliphatic carbocycles. The van der Waals surface area contributed by atoms with Gasteiger partial charge in [-0.05, 0) is 47.5 Å². The lowest BCUT2D eigenvalue weighted by Gasteiger charge is -2.10. The van der Waals surface area contributed by atoms with Gasteiger partial charge in [-0.25, -0.2) is 4.39 Å². The Morgan fingerprint density at radius 2 is 1.62 bits per heavy atom. The number of benzene rings is 2. The van der Waals surface area contributed by atoms with Gasteiger partial charge in [0.15, 0.2) is 5.75 Å². The van der Waals surface area contributed by atoms with E-state index in [-0.39, 0.29) is 23.7 Å². The third kappa shape index (κ3) is 3.81. The first-order chi connectivity index (χ1) is 11.6. The van der Waals surface area contributed by atoms with E-state index in [9.17, 15) is 9.18 Å². The van der Waals surface area contributed by atoms with Crippen molar-refractivity contribution < 1.29 is 9.13 Å². The molecule has 0 amide bonds. The van der Waals surface area contributed by atoms with Crippen molar-refractivity contribution in [2.24, 2.45) is 0 Å². The zero-order valence-corrected chi connectivity index (χ0v) is 13.0. The van der Waals surface area contributed by atoms with Crippen molar-refractivity contribution in [3.05, 3.63) is 94.2 Å². The Morgan fingerprint density at radius 1 is 0.958 bits per heavy atom. The zero-order chi connectivity index (χ0) is 16.9. The van der Waals surface area contributed by atoms with E-state index in [4.69, 9.17) is 10.5 Å². The molecule has 0 spiro atoms. The molecule has 0 bridgehead atoms. The van der Waals surface area contributed by atoms with Crippen LogP contribution in [0, 0.1) is 5.82 Å². The lowest BCUT2D eigenvalue weighted by Crippen LogP contribution is -2.21. The molecule has 0 radical (unpaired) electrons. The van der Waals surface area contributed by atoms with Crippen molar-refractivity contribution in [1.29, 1.82) is 0 Å². The van der Waals surface area contributed by atoms with Crippen molar-refractivity contribution in [2.75, 3.05) is 5.73 Å². The van der Waals surface area contributed by atoms with E-state index in [2.05, 4.69) is 0 Å². The summed E-state index contributed by atoms with van der Waals surface area (Å²) in [7, 11) is 0. The Balaban J connectivity index is 1.74. The van der Waals surface area contributed by atoms with Crippen molar-refractivity contribution >= 4 is 5.69 Å². The second-order valence-electron chi connectivity index (χ2n) is 5.46. The summed E-state index contributed by atoms with van der Waals surface area (Å²) in [6.45, 7) is 0.647. The molecule has 5 heteroatoms. The highest BCUT2D eigenvalue weighted by molar-refractivity contribution is 5.39. The first-order valence-corrected chi connectivity index (χ1v) is 7.53. The van der Waals surface area contributed by atoms with Crippen LogP contribution in [-0.2, 0) is 13.2 Å². The van der Waals surface area contributed by atoms with E-state index in [1.165, 1.54) is 12.1 Å². The average Bonchev–Trinajstić information content (AvgIpc) is 2.59. The summed E-state index contributed by atoms with van der Waals surface area (Å²) in [5, 5.41) is 0. The topological polar surface area (TPSA) is 57.2 Å². The fraction of sp³-hybridized carbons (Fsp3) is 0.105. The van der Waals surface area contributed by atoms with Gasteiger partial charge in [0.05, 0.1) is 6.54 Å². The van der Waals surface area contributed by atoms with Crippen LogP contribution < -0.4 is 16.0 Å². The Labute approximate surface area is 138 Å². The summed E-state index contributed by atoms with van der Waals surface area (Å²) in [5.41, 5.74) is 7.91. The van der Waals surface area contributed by atoms with Gasteiger partial charge >= 0.3 is 0 Å². The minimum Gasteiger partial charge on any atom is -0.483 e. The molecule has 0 aliphatic heterocycles. The maximum atomic E-state index is 12.9. The number of hydrogen-bond donors (Lipinski definition) is 1. The van der Waals surface area contributed by atoms with Crippen LogP contribution >= 0.6 is 0 Å². The molecule has 0 atom stereocenters. The van der Waals surface area contributed by atoms with Gasteiger partial charge in [-0.2, -0.15) is 0 Å². The van der Waals surface area contributed by atoms with Gasteiger partial charge < -0.3 is 15.0 Å². The van der Waals surface area contributed by atoms with Crippen LogP contribution in [0.25, 0.3) is 0 Å². The smallest absolute Gasteiger partial charge is 0.293 e. The fourth-order valence-corrected chi connectivity index (χ4v) is 2.31. The number of pyridine rings is 1. The number of anilines is 1. The quantitative estimate of drug-likeness (QED) is 0.733. The summed E-state index contributed by atoms with van der Waals surface area (Å²) in [6.07, 6.45) is 1.71. The third-order valence-electron chi connectivity index (χ3n) is 3.63. The summed E-state index contributed by atoms with van der Waals surface area (Å²) in [4.78, 5) is 12.5. The first-order valence-electron chi connectivity index (χ1n) is 7.53. The van der Waals surface area contributed by atoms with Gasteiger partial charge in [0, 0.05) is 11.9 Å². The van der Waals surface area contributed by atoms with Crippen LogP contribution in [0.3, 0.4) is 0 Å². The maximum absolute atomic E-state index is 12.9. The number of rotatable bonds is 5. The number of nitrogens with zero attached hydrogens (tertiary/aromatic N) is 1. The largest absolute Gasteiger partial charge is 0.483 e. The van der Waals surface area contributed by atoms with Crippen LogP contribution in [-0.4, -0.2) is 4.57 Å². The van der Waals surface area contributed by atoms with Crippen molar-refractivity contribution in [1.82, 2.24) is 4.57 Å². The Bertz CT molecular complexity index is 871. The summed E-state index contributed by atoms with van der Waals surface area (Å²) < 4.78 is 20.1. The molecular weight excluding hydrogens is 307 g/mol. The molecule has 0 fully saturated rings. The standard InChI is InChI=1S/C19H17FN2O2/c20-16-7-3-15(4-8-16)13-24-18-2-1-11-22(19(18)23)12-14-5-9-17(21)10-6-14/h1-11H,12-13,21H2. The van der Waals surface area contributed by atoms with E-state index < -0.39 is 0 Å². The first kappa shape index (κ1) is 15.8. The molecule has 3 aromatic rings. The third-order valence-corrected chi connectivity index (χ3v) is 3.63. The molecule has 24 heavy (non-hydrogen) atoms. The van der Waals surface area contributed by atoms with Crippen LogP contribution in [0.5, 0.6) is 5.75 Å². The number of nitrogen functional groups attached to an aromatic ring is 1. The highest BCUT2D eigenvalue weighted by Crippen LogP contribution is 2.10. The van der Waals surface area contributed by atoms with Crippen molar-refractivity contribution in [3.8, 4) is 5.75 Å². The lowest BCUT2D eigenvalue weighted by atomic mass is 10.2. The summed E-state index contributed by atoms with van der Waals surface area (Å²) in [6, 6.07) is 16.7. The SMILES string of the molecule is Nc1ccc(Cn2cccc(OCc3ccc(F)cc3)c2=O)cc1. The molecule has 122 valence electrons. The van der Waals surface area contributed by atoms with Crippen LogP contribution in [0.15, 0.2) is 71.7 Å². The second kappa shape index (κ2) is 7.00. The molecule has 1 aromatic heterocycles. The Kier molecular flexibility index (Phi) is 4.61. The molecule has 2 aromatic carbocycles. The van der Waals surface area contributed by atoms with Crippen molar-refractivity contribution in [3.63, 3.8) is 0 Å². The maximum Gasteiger partial charge on any atom is 0.293 e. The van der Waals surface area contributed by atoms with E-state index in [0.717, 1.165) is 11.1 Å². The summed E-state index contributed by atoms with van der Waals surface area (Å²) >= 11 is 0. The van der Waals surface area contributed by atoms with Crippen LogP contribution in [0.4, 0.5) is 10.1 Å². The minimum atomic E-state index is -0.302. The van der Waals surface area contributed by atoms with Crippen molar-refractivity contribution in [2.45, 2.75) is 13.2 Å². The van der Waals surface area contributed by atoms with Gasteiger partial charge in [-0.3, -0.25) is 4.79 Å². The van der Waals surface area contributed by atoms with E-state index in [0.29, 0.717) is 12.2 Å². The van der Waals surface area contributed by atoms with E-state index in [1.807, 2.05) is 12.1 Å². The molecule has 0 unspecified atom stereocenters. The Morgan fingerprint density at radius 3 is 2.33 bits per heavy atom. The van der Waals surface area contributed by atoms with Gasteiger partial charge in [-0.15, -0.1) is 0 Å². The number of nitrogens with two attached hydrogens (primary N) is 1. The molecule has 0 aliphatic rings.